The SMILES string of the molecule is Fc1cccc(Cl)c1CP(Cl)(c1ccccc1)(c1ccccc1)c1ccccc1. The molecule has 4 rings (SSSR count). The molecule has 0 unspecified atom stereocenters. The van der Waals surface area contributed by atoms with Crippen LogP contribution in [0.2, 0.25) is 5.02 Å². The van der Waals surface area contributed by atoms with Crippen molar-refractivity contribution in [3.05, 3.63) is 126 Å². The van der Waals surface area contributed by atoms with E-state index in [2.05, 4.69) is 0 Å². The van der Waals surface area contributed by atoms with Gasteiger partial charge in [0.25, 0.3) is 0 Å². The molecule has 0 heterocycles. The molecule has 0 aliphatic rings. The van der Waals surface area contributed by atoms with E-state index in [1.807, 2.05) is 91.0 Å². The molecule has 0 saturated carbocycles. The van der Waals surface area contributed by atoms with Crippen molar-refractivity contribution in [2.75, 3.05) is 0 Å². The number of benzene rings is 4. The van der Waals surface area contributed by atoms with Crippen LogP contribution in [-0.2, 0) is 6.16 Å². The van der Waals surface area contributed by atoms with E-state index in [1.165, 1.54) is 6.07 Å². The van der Waals surface area contributed by atoms with E-state index < -0.39 is 5.96 Å². The van der Waals surface area contributed by atoms with Gasteiger partial charge in [0, 0.05) is 0 Å². The molecule has 0 fully saturated rings. The second kappa shape index (κ2) is 7.92. The van der Waals surface area contributed by atoms with Gasteiger partial charge in [-0.3, -0.25) is 0 Å². The van der Waals surface area contributed by atoms with E-state index in [0.717, 1.165) is 15.9 Å². The predicted molar refractivity (Wildman–Crippen MR) is 126 cm³/mol. The summed E-state index contributed by atoms with van der Waals surface area (Å²) in [5.74, 6) is -3.94. The van der Waals surface area contributed by atoms with Crippen LogP contribution in [0.4, 0.5) is 4.39 Å². The molecule has 4 aromatic rings. The van der Waals surface area contributed by atoms with E-state index in [4.69, 9.17) is 22.8 Å². The van der Waals surface area contributed by atoms with Crippen molar-refractivity contribution in [3.63, 3.8) is 0 Å². The van der Waals surface area contributed by atoms with Crippen LogP contribution >= 0.6 is 28.8 Å². The van der Waals surface area contributed by atoms with Crippen molar-refractivity contribution in [1.29, 1.82) is 0 Å². The Kier molecular flexibility index (Phi) is 5.49. The van der Waals surface area contributed by atoms with Crippen molar-refractivity contribution >= 4 is 44.7 Å². The number of hydrogen-bond acceptors (Lipinski definition) is 0. The summed E-state index contributed by atoms with van der Waals surface area (Å²) in [6, 6.07) is 34.8. The fraction of sp³-hybridized carbons (Fsp3) is 0.0400. The Morgan fingerprint density at radius 2 is 1.00 bits per heavy atom. The van der Waals surface area contributed by atoms with Crippen molar-refractivity contribution < 1.29 is 4.39 Å². The van der Waals surface area contributed by atoms with Gasteiger partial charge in [-0.15, -0.1) is 0 Å². The van der Waals surface area contributed by atoms with Gasteiger partial charge in [0.2, 0.25) is 0 Å². The van der Waals surface area contributed by atoms with Crippen LogP contribution in [0, 0.1) is 5.82 Å². The van der Waals surface area contributed by atoms with Crippen LogP contribution in [0.1, 0.15) is 5.56 Å². The first-order chi connectivity index (χ1) is 14.0. The van der Waals surface area contributed by atoms with Crippen molar-refractivity contribution in [3.8, 4) is 0 Å². The zero-order chi connectivity index (χ0) is 20.3. The van der Waals surface area contributed by atoms with Crippen molar-refractivity contribution in [2.45, 2.75) is 6.16 Å². The molecule has 0 aliphatic heterocycles. The molecule has 0 saturated heterocycles. The Bertz CT molecular complexity index is 996. The number of rotatable bonds is 5. The molecule has 0 aromatic heterocycles. The van der Waals surface area contributed by atoms with E-state index >= 15 is 0 Å². The predicted octanol–water partition coefficient (Wildman–Crippen LogP) is 6.66. The van der Waals surface area contributed by atoms with Crippen LogP contribution in [0.15, 0.2) is 109 Å². The van der Waals surface area contributed by atoms with E-state index in [1.54, 1.807) is 12.1 Å². The van der Waals surface area contributed by atoms with E-state index in [-0.39, 0.29) is 12.0 Å². The molecular weight excluding hydrogens is 421 g/mol. The molecule has 4 heteroatoms. The fourth-order valence-corrected chi connectivity index (χ4v) is 10.4. The minimum absolute atomic E-state index is 0.288. The Hall–Kier alpha value is -2.18. The fourth-order valence-electron chi connectivity index (χ4n) is 3.92. The Labute approximate surface area is 180 Å². The summed E-state index contributed by atoms with van der Waals surface area (Å²) in [7, 11) is 0. The summed E-state index contributed by atoms with van der Waals surface area (Å²) < 4.78 is 15.0. The summed E-state index contributed by atoms with van der Waals surface area (Å²) in [5, 5.41) is 3.34. The van der Waals surface area contributed by atoms with Crippen LogP contribution in [-0.4, -0.2) is 0 Å². The summed E-state index contributed by atoms with van der Waals surface area (Å²) in [5.41, 5.74) is 0.443. The molecule has 4 aromatic carbocycles. The van der Waals surface area contributed by atoms with Gasteiger partial charge in [-0.05, 0) is 0 Å². The first kappa shape index (κ1) is 20.1. The standard InChI is InChI=1S/C25H20Cl2FP/c26-24-17-10-18-25(28)23(24)19-29(27,20-11-4-1-5-12-20,21-13-6-2-7-14-21)22-15-8-3-9-16-22/h1-18H,19H2. The number of halogens is 3. The monoisotopic (exact) mass is 440 g/mol. The third kappa shape index (κ3) is 3.38. The second-order valence-electron chi connectivity index (χ2n) is 7.05. The van der Waals surface area contributed by atoms with Gasteiger partial charge in [-0.1, -0.05) is 0 Å². The molecule has 29 heavy (non-hydrogen) atoms. The maximum absolute atomic E-state index is 15.0. The average molecular weight is 441 g/mol. The van der Waals surface area contributed by atoms with Gasteiger partial charge in [-0.25, -0.2) is 0 Å². The third-order valence-corrected chi connectivity index (χ3v) is 12.9. The van der Waals surface area contributed by atoms with Crippen LogP contribution < -0.4 is 15.9 Å². The minimum atomic E-state index is -3.60. The molecule has 0 radical (unpaired) electrons. The van der Waals surface area contributed by atoms with Crippen molar-refractivity contribution in [2.24, 2.45) is 0 Å². The van der Waals surface area contributed by atoms with Gasteiger partial charge in [-0.2, -0.15) is 0 Å². The zero-order valence-electron chi connectivity index (χ0n) is 15.7. The van der Waals surface area contributed by atoms with E-state index in [0.29, 0.717) is 10.6 Å². The Balaban J connectivity index is 2.13. The molecule has 0 spiro atoms. The van der Waals surface area contributed by atoms with Crippen LogP contribution in [0.25, 0.3) is 0 Å². The molecule has 0 amide bonds. The molecule has 146 valence electrons. The van der Waals surface area contributed by atoms with Gasteiger partial charge < -0.3 is 0 Å². The van der Waals surface area contributed by atoms with Crippen LogP contribution in [0.5, 0.6) is 0 Å². The van der Waals surface area contributed by atoms with Gasteiger partial charge in [0.15, 0.2) is 0 Å². The van der Waals surface area contributed by atoms with E-state index in [9.17, 15) is 4.39 Å². The van der Waals surface area contributed by atoms with Gasteiger partial charge in [0.05, 0.1) is 0 Å². The topological polar surface area (TPSA) is 0 Å². The van der Waals surface area contributed by atoms with Gasteiger partial charge >= 0.3 is 181 Å². The summed E-state index contributed by atoms with van der Waals surface area (Å²) in [6.07, 6.45) is 0.288. The summed E-state index contributed by atoms with van der Waals surface area (Å²) in [6.45, 7) is 0. The molecular formula is C25H20Cl2FP. The molecule has 0 atom stereocenters. The molecule has 0 bridgehead atoms. The van der Waals surface area contributed by atoms with Crippen molar-refractivity contribution in [1.82, 2.24) is 0 Å². The first-order valence-corrected chi connectivity index (χ1v) is 13.1. The summed E-state index contributed by atoms with van der Waals surface area (Å²) in [4.78, 5) is 0. The Morgan fingerprint density at radius 3 is 1.38 bits per heavy atom. The van der Waals surface area contributed by atoms with Gasteiger partial charge in [0.1, 0.15) is 0 Å². The molecule has 0 nitrogen and oxygen atoms in total. The zero-order valence-corrected chi connectivity index (χ0v) is 18.1. The first-order valence-electron chi connectivity index (χ1n) is 9.36. The normalized spacial score (nSPS) is 12.9. The number of hydrogen-bond donors (Lipinski definition) is 0. The second-order valence-corrected chi connectivity index (χ2v) is 13.9. The van der Waals surface area contributed by atoms with Crippen LogP contribution in [0.3, 0.4) is 0 Å². The average Bonchev–Trinajstić information content (AvgIpc) is 2.78. The molecule has 0 N–H and O–H groups in total. The maximum atomic E-state index is 15.0. The quantitative estimate of drug-likeness (QED) is 0.304. The third-order valence-electron chi connectivity index (χ3n) is 5.40. The Morgan fingerprint density at radius 1 is 0.586 bits per heavy atom. The summed E-state index contributed by atoms with van der Waals surface area (Å²) >= 11 is 14.4. The molecule has 0 aliphatic carbocycles.